The first-order valence-electron chi connectivity index (χ1n) is 13.4. The zero-order valence-electron chi connectivity index (χ0n) is 22.0. The zero-order chi connectivity index (χ0) is 27.5. The van der Waals surface area contributed by atoms with Crippen LogP contribution < -0.4 is 20.7 Å². The summed E-state index contributed by atoms with van der Waals surface area (Å²) in [4.78, 5) is 14.3. The van der Waals surface area contributed by atoms with Crippen LogP contribution in [0, 0.1) is 5.82 Å². The number of aliphatic hydroxyl groups excluding tert-OH is 1. The van der Waals surface area contributed by atoms with E-state index in [-0.39, 0.29) is 24.2 Å². The van der Waals surface area contributed by atoms with E-state index in [1.165, 1.54) is 17.7 Å². The number of anilines is 1. The molecule has 0 saturated carbocycles. The number of likely N-dealkylation sites (tertiary alicyclic amines) is 1. The summed E-state index contributed by atoms with van der Waals surface area (Å²) in [6, 6.07) is 21.2. The van der Waals surface area contributed by atoms with Gasteiger partial charge < -0.3 is 35.8 Å². The molecule has 208 valence electrons. The number of nitrogens with zero attached hydrogens (tertiary/aromatic N) is 1. The first-order chi connectivity index (χ1) is 18.9. The van der Waals surface area contributed by atoms with E-state index < -0.39 is 6.10 Å². The van der Waals surface area contributed by atoms with Crippen LogP contribution in [-0.4, -0.2) is 66.1 Å². The molecule has 0 radical (unpaired) electrons. The number of carbonyl (C=O) groups excluding carboxylic acids is 1. The largest absolute Gasteiger partial charge is 0.508 e. The average Bonchev–Trinajstić information content (AvgIpc) is 2.96. The number of hydrogen-bond acceptors (Lipinski definition) is 6. The molecule has 2 amide bonds. The Kier molecular flexibility index (Phi) is 10.4. The van der Waals surface area contributed by atoms with Gasteiger partial charge in [0.2, 0.25) is 0 Å². The van der Waals surface area contributed by atoms with Gasteiger partial charge in [-0.2, -0.15) is 0 Å². The molecule has 9 heteroatoms. The van der Waals surface area contributed by atoms with Gasteiger partial charge >= 0.3 is 6.03 Å². The Bertz CT molecular complexity index is 1150. The smallest absolute Gasteiger partial charge is 0.317 e. The lowest BCUT2D eigenvalue weighted by Gasteiger charge is -2.33. The highest BCUT2D eigenvalue weighted by Gasteiger charge is 2.22. The Labute approximate surface area is 228 Å². The molecule has 8 nitrogen and oxygen atoms in total. The molecule has 1 atom stereocenters. The van der Waals surface area contributed by atoms with Crippen molar-refractivity contribution in [3.63, 3.8) is 0 Å². The number of piperidine rings is 1. The SMILES string of the molecule is O=C(NCc1ccc(F)cc1)N1CCC(Nc2ccc(CCNC[C@H](O)COc3ccc(O)cc3)cc2)CC1. The standard InChI is InChI=1S/C30H37FN4O4/c31-24-5-1-23(2-6-24)19-33-30(38)35-17-14-26(15-18-35)34-25-7-3-22(4-8-25)13-16-32-20-28(37)21-39-29-11-9-27(36)10-12-29/h1-12,26,28,32,34,36-37H,13-21H2,(H,33,38)/t28-/m0/s1. The highest BCUT2D eigenvalue weighted by Crippen LogP contribution is 2.18. The highest BCUT2D eigenvalue weighted by molar-refractivity contribution is 5.74. The van der Waals surface area contributed by atoms with Gasteiger partial charge in [0.1, 0.15) is 30.0 Å². The maximum absolute atomic E-state index is 13.0. The molecule has 1 saturated heterocycles. The van der Waals surface area contributed by atoms with Gasteiger partial charge in [-0.1, -0.05) is 24.3 Å². The van der Waals surface area contributed by atoms with Crippen LogP contribution in [0.25, 0.3) is 0 Å². The summed E-state index contributed by atoms with van der Waals surface area (Å²) in [6.07, 6.45) is 1.96. The van der Waals surface area contributed by atoms with Gasteiger partial charge in [0.25, 0.3) is 0 Å². The Morgan fingerprint density at radius 2 is 1.64 bits per heavy atom. The molecule has 0 aromatic heterocycles. The Morgan fingerprint density at radius 1 is 0.974 bits per heavy atom. The molecule has 4 rings (SSSR count). The second kappa shape index (κ2) is 14.4. The van der Waals surface area contributed by atoms with Crippen molar-refractivity contribution in [3.05, 3.63) is 89.7 Å². The molecule has 0 unspecified atom stereocenters. The molecule has 3 aromatic carbocycles. The molecule has 0 bridgehead atoms. The lowest BCUT2D eigenvalue weighted by Crippen LogP contribution is -2.46. The number of urea groups is 1. The van der Waals surface area contributed by atoms with Crippen LogP contribution in [0.15, 0.2) is 72.8 Å². The number of phenols is 1. The average molecular weight is 537 g/mol. The molecule has 3 aromatic rings. The number of amides is 2. The predicted octanol–water partition coefficient (Wildman–Crippen LogP) is 3.89. The number of nitrogens with one attached hydrogen (secondary N) is 3. The fourth-order valence-electron chi connectivity index (χ4n) is 4.42. The van der Waals surface area contributed by atoms with Crippen LogP contribution in [0.5, 0.6) is 11.5 Å². The van der Waals surface area contributed by atoms with Gasteiger partial charge in [-0.3, -0.25) is 0 Å². The molecule has 0 aliphatic carbocycles. The van der Waals surface area contributed by atoms with Crippen molar-refractivity contribution < 1.29 is 24.1 Å². The number of aliphatic hydroxyl groups is 1. The molecule has 1 heterocycles. The van der Waals surface area contributed by atoms with Crippen LogP contribution in [-0.2, 0) is 13.0 Å². The maximum atomic E-state index is 13.0. The van der Waals surface area contributed by atoms with Crippen LogP contribution >= 0.6 is 0 Å². The molecule has 0 spiro atoms. The van der Waals surface area contributed by atoms with Gasteiger partial charge in [0, 0.05) is 37.9 Å². The van der Waals surface area contributed by atoms with Crippen LogP contribution in [0.2, 0.25) is 0 Å². The number of rotatable bonds is 12. The predicted molar refractivity (Wildman–Crippen MR) is 149 cm³/mol. The monoisotopic (exact) mass is 536 g/mol. The normalized spacial score (nSPS) is 14.6. The Hall–Kier alpha value is -3.82. The second-order valence-corrected chi connectivity index (χ2v) is 9.80. The van der Waals surface area contributed by atoms with Crippen molar-refractivity contribution in [2.45, 2.75) is 38.0 Å². The van der Waals surface area contributed by atoms with Crippen LogP contribution in [0.1, 0.15) is 24.0 Å². The van der Waals surface area contributed by atoms with E-state index in [0.29, 0.717) is 38.0 Å². The third-order valence-electron chi connectivity index (χ3n) is 6.71. The number of ether oxygens (including phenoxy) is 1. The maximum Gasteiger partial charge on any atom is 0.317 e. The first-order valence-corrected chi connectivity index (χ1v) is 13.4. The number of aromatic hydroxyl groups is 1. The third kappa shape index (κ3) is 9.46. The van der Waals surface area contributed by atoms with Crippen molar-refractivity contribution >= 4 is 11.7 Å². The second-order valence-electron chi connectivity index (χ2n) is 9.80. The summed E-state index contributed by atoms with van der Waals surface area (Å²) < 4.78 is 18.5. The lowest BCUT2D eigenvalue weighted by molar-refractivity contribution is 0.106. The summed E-state index contributed by atoms with van der Waals surface area (Å²) in [5.74, 6) is 0.500. The number of hydrogen-bond donors (Lipinski definition) is 5. The summed E-state index contributed by atoms with van der Waals surface area (Å²) in [7, 11) is 0. The quantitative estimate of drug-likeness (QED) is 0.225. The minimum atomic E-state index is -0.627. The molecule has 39 heavy (non-hydrogen) atoms. The summed E-state index contributed by atoms with van der Waals surface area (Å²) >= 11 is 0. The minimum absolute atomic E-state index is 0.0897. The minimum Gasteiger partial charge on any atom is -0.508 e. The van der Waals surface area contributed by atoms with Crippen molar-refractivity contribution in [3.8, 4) is 11.5 Å². The van der Waals surface area contributed by atoms with Gasteiger partial charge in [0.15, 0.2) is 0 Å². The third-order valence-corrected chi connectivity index (χ3v) is 6.71. The molecule has 1 aliphatic rings. The van der Waals surface area contributed by atoms with E-state index in [9.17, 15) is 19.4 Å². The summed E-state index contributed by atoms with van der Waals surface area (Å²) in [6.45, 7) is 3.10. The van der Waals surface area contributed by atoms with Crippen molar-refractivity contribution in [2.75, 3.05) is 38.1 Å². The molecule has 5 N–H and O–H groups in total. The number of benzene rings is 3. The fourth-order valence-corrected chi connectivity index (χ4v) is 4.42. The Morgan fingerprint density at radius 3 is 2.33 bits per heavy atom. The van der Waals surface area contributed by atoms with E-state index in [0.717, 1.165) is 37.1 Å². The van der Waals surface area contributed by atoms with Gasteiger partial charge in [0.05, 0.1) is 0 Å². The van der Waals surface area contributed by atoms with E-state index >= 15 is 0 Å². The topological polar surface area (TPSA) is 106 Å². The molecule has 1 aliphatic heterocycles. The van der Waals surface area contributed by atoms with E-state index in [1.54, 1.807) is 36.4 Å². The van der Waals surface area contributed by atoms with E-state index in [1.807, 2.05) is 4.90 Å². The number of carbonyl (C=O) groups is 1. The van der Waals surface area contributed by atoms with Crippen LogP contribution in [0.3, 0.4) is 0 Å². The number of phenolic OH excluding ortho intramolecular Hbond substituents is 1. The molecular weight excluding hydrogens is 499 g/mol. The highest BCUT2D eigenvalue weighted by atomic mass is 19.1. The lowest BCUT2D eigenvalue weighted by atomic mass is 10.0. The van der Waals surface area contributed by atoms with Crippen molar-refractivity contribution in [1.82, 2.24) is 15.5 Å². The van der Waals surface area contributed by atoms with E-state index in [2.05, 4.69) is 40.2 Å². The number of halogens is 1. The molecule has 1 fully saturated rings. The summed E-state index contributed by atoms with van der Waals surface area (Å²) in [5.41, 5.74) is 3.14. The zero-order valence-corrected chi connectivity index (χ0v) is 22.0. The first kappa shape index (κ1) is 28.2. The van der Waals surface area contributed by atoms with Crippen LogP contribution in [0.4, 0.5) is 14.9 Å². The fraction of sp³-hybridized carbons (Fsp3) is 0.367. The molecular formula is C30H37FN4O4. The van der Waals surface area contributed by atoms with E-state index in [4.69, 9.17) is 4.74 Å². The Balaban J connectivity index is 1.08. The van der Waals surface area contributed by atoms with Gasteiger partial charge in [-0.25, -0.2) is 9.18 Å². The van der Waals surface area contributed by atoms with Crippen molar-refractivity contribution in [2.24, 2.45) is 0 Å². The summed E-state index contributed by atoms with van der Waals surface area (Å²) in [5, 5.41) is 29.1. The van der Waals surface area contributed by atoms with Gasteiger partial charge in [-0.15, -0.1) is 0 Å². The van der Waals surface area contributed by atoms with Crippen molar-refractivity contribution in [1.29, 1.82) is 0 Å². The van der Waals surface area contributed by atoms with Gasteiger partial charge in [-0.05, 0) is 85.5 Å².